The van der Waals surface area contributed by atoms with Crippen LogP contribution in [0.15, 0.2) is 47.4 Å². The number of para-hydroxylation sites is 1. The molecule has 0 spiro atoms. The maximum Gasteiger partial charge on any atom is 0.241 e. The molecular formula is C15H15N3O2S. The lowest BCUT2D eigenvalue weighted by atomic mass is 10.2. The van der Waals surface area contributed by atoms with Crippen molar-refractivity contribution in [1.29, 1.82) is 5.26 Å². The van der Waals surface area contributed by atoms with Crippen molar-refractivity contribution in [3.05, 3.63) is 59.2 Å². The van der Waals surface area contributed by atoms with Crippen LogP contribution in [0, 0.1) is 18.3 Å². The summed E-state index contributed by atoms with van der Waals surface area (Å²) in [4.78, 5) is 0.107. The number of nitriles is 1. The van der Waals surface area contributed by atoms with Gasteiger partial charge in [-0.2, -0.15) is 5.26 Å². The molecule has 0 aliphatic carbocycles. The van der Waals surface area contributed by atoms with Crippen LogP contribution in [0.25, 0.3) is 0 Å². The Morgan fingerprint density at radius 3 is 2.62 bits per heavy atom. The molecule has 0 heterocycles. The third kappa shape index (κ3) is 3.40. The molecule has 2 aromatic carbocycles. The van der Waals surface area contributed by atoms with Crippen LogP contribution in [-0.2, 0) is 16.6 Å². The molecule has 3 N–H and O–H groups in total. The molecule has 0 aliphatic rings. The normalized spacial score (nSPS) is 11.0. The van der Waals surface area contributed by atoms with Crippen molar-refractivity contribution < 1.29 is 8.42 Å². The van der Waals surface area contributed by atoms with E-state index in [-0.39, 0.29) is 11.4 Å². The van der Waals surface area contributed by atoms with Gasteiger partial charge in [-0.3, -0.25) is 0 Å². The van der Waals surface area contributed by atoms with Crippen molar-refractivity contribution in [2.75, 3.05) is 5.73 Å². The highest BCUT2D eigenvalue weighted by atomic mass is 32.2. The standard InChI is InChI=1S/C15H15N3O2S/c1-11-6-7-12(9-16)8-15(11)21(19,20)18-10-13-4-2-3-5-14(13)17/h2-8,18H,10,17H2,1H3. The van der Waals surface area contributed by atoms with Crippen molar-refractivity contribution in [3.63, 3.8) is 0 Å². The van der Waals surface area contributed by atoms with Gasteiger partial charge in [0, 0.05) is 12.2 Å². The third-order valence-corrected chi connectivity index (χ3v) is 4.66. The molecule has 0 fully saturated rings. The quantitative estimate of drug-likeness (QED) is 0.843. The van der Waals surface area contributed by atoms with Crippen LogP contribution in [0.1, 0.15) is 16.7 Å². The predicted octanol–water partition coefficient (Wildman–Crippen LogP) is 1.93. The Balaban J connectivity index is 2.28. The highest BCUT2D eigenvalue weighted by Crippen LogP contribution is 2.18. The Bertz CT molecular complexity index is 808. The minimum atomic E-state index is -3.70. The second-order valence-electron chi connectivity index (χ2n) is 4.62. The van der Waals surface area contributed by atoms with Crippen molar-refractivity contribution >= 4 is 15.7 Å². The molecule has 0 saturated carbocycles. The number of nitrogens with zero attached hydrogens (tertiary/aromatic N) is 1. The first kappa shape index (κ1) is 15.0. The van der Waals surface area contributed by atoms with E-state index < -0.39 is 10.0 Å². The molecule has 21 heavy (non-hydrogen) atoms. The molecular weight excluding hydrogens is 286 g/mol. The molecule has 2 aromatic rings. The summed E-state index contributed by atoms with van der Waals surface area (Å²) in [6, 6.07) is 13.6. The van der Waals surface area contributed by atoms with E-state index in [1.54, 1.807) is 43.3 Å². The zero-order valence-corrected chi connectivity index (χ0v) is 12.3. The Morgan fingerprint density at radius 2 is 1.95 bits per heavy atom. The van der Waals surface area contributed by atoms with Gasteiger partial charge >= 0.3 is 0 Å². The zero-order chi connectivity index (χ0) is 15.5. The lowest BCUT2D eigenvalue weighted by molar-refractivity contribution is 0.581. The molecule has 0 unspecified atom stereocenters. The summed E-state index contributed by atoms with van der Waals surface area (Å²) in [5.41, 5.74) is 7.91. The largest absolute Gasteiger partial charge is 0.398 e. The van der Waals surface area contributed by atoms with E-state index >= 15 is 0 Å². The van der Waals surface area contributed by atoms with Gasteiger partial charge in [0.15, 0.2) is 0 Å². The smallest absolute Gasteiger partial charge is 0.241 e. The van der Waals surface area contributed by atoms with Crippen molar-refractivity contribution in [3.8, 4) is 6.07 Å². The number of nitrogens with two attached hydrogens (primary N) is 1. The molecule has 0 saturated heterocycles. The maximum absolute atomic E-state index is 12.3. The van der Waals surface area contributed by atoms with Crippen LogP contribution in [0.4, 0.5) is 5.69 Å². The maximum atomic E-state index is 12.3. The van der Waals surface area contributed by atoms with Gasteiger partial charge < -0.3 is 5.73 Å². The average molecular weight is 301 g/mol. The van der Waals surface area contributed by atoms with Gasteiger partial charge in [0.1, 0.15) is 0 Å². The third-order valence-electron chi connectivity index (χ3n) is 3.11. The first-order valence-electron chi connectivity index (χ1n) is 6.28. The highest BCUT2D eigenvalue weighted by Gasteiger charge is 2.17. The second-order valence-corrected chi connectivity index (χ2v) is 6.35. The van der Waals surface area contributed by atoms with Gasteiger partial charge in [0.2, 0.25) is 10.0 Å². The van der Waals surface area contributed by atoms with Crippen LogP contribution in [0.2, 0.25) is 0 Å². The summed E-state index contributed by atoms with van der Waals surface area (Å²) < 4.78 is 27.2. The Labute approximate surface area is 124 Å². The molecule has 0 aliphatic heterocycles. The topological polar surface area (TPSA) is 96.0 Å². The molecule has 108 valence electrons. The van der Waals surface area contributed by atoms with Crippen molar-refractivity contribution in [1.82, 2.24) is 4.72 Å². The molecule has 0 bridgehead atoms. The minimum Gasteiger partial charge on any atom is -0.398 e. The molecule has 5 nitrogen and oxygen atoms in total. The van der Waals surface area contributed by atoms with Gasteiger partial charge in [-0.25, -0.2) is 13.1 Å². The van der Waals surface area contributed by atoms with Crippen molar-refractivity contribution in [2.24, 2.45) is 0 Å². The predicted molar refractivity (Wildman–Crippen MR) is 80.8 cm³/mol. The van der Waals surface area contributed by atoms with Gasteiger partial charge in [-0.05, 0) is 36.2 Å². The van der Waals surface area contributed by atoms with E-state index in [0.29, 0.717) is 22.4 Å². The van der Waals surface area contributed by atoms with E-state index in [0.717, 1.165) is 0 Å². The van der Waals surface area contributed by atoms with Crippen LogP contribution >= 0.6 is 0 Å². The van der Waals surface area contributed by atoms with Crippen molar-refractivity contribution in [2.45, 2.75) is 18.4 Å². The number of nitrogen functional groups attached to an aromatic ring is 1. The van der Waals surface area contributed by atoms with Gasteiger partial charge in [0.25, 0.3) is 0 Å². The van der Waals surface area contributed by atoms with Gasteiger partial charge in [-0.15, -0.1) is 0 Å². The SMILES string of the molecule is Cc1ccc(C#N)cc1S(=O)(=O)NCc1ccccc1N. The van der Waals surface area contributed by atoms with Crippen LogP contribution in [-0.4, -0.2) is 8.42 Å². The lowest BCUT2D eigenvalue weighted by Gasteiger charge is -2.11. The summed E-state index contributed by atoms with van der Waals surface area (Å²) in [5, 5.41) is 8.88. The van der Waals surface area contributed by atoms with E-state index in [2.05, 4.69) is 4.72 Å². The van der Waals surface area contributed by atoms with Crippen LogP contribution in [0.3, 0.4) is 0 Å². The number of aryl methyl sites for hydroxylation is 1. The zero-order valence-electron chi connectivity index (χ0n) is 11.5. The summed E-state index contributed by atoms with van der Waals surface area (Å²) in [7, 11) is -3.70. The Hall–Kier alpha value is -2.36. The molecule has 2 rings (SSSR count). The number of sulfonamides is 1. The molecule has 0 atom stereocenters. The number of anilines is 1. The minimum absolute atomic E-state index is 0.102. The molecule has 0 aromatic heterocycles. The van der Waals surface area contributed by atoms with Crippen LogP contribution < -0.4 is 10.5 Å². The van der Waals surface area contributed by atoms with E-state index in [1.807, 2.05) is 6.07 Å². The molecule has 6 heteroatoms. The fraction of sp³-hybridized carbons (Fsp3) is 0.133. The Kier molecular flexibility index (Phi) is 4.26. The lowest BCUT2D eigenvalue weighted by Crippen LogP contribution is -2.24. The highest BCUT2D eigenvalue weighted by molar-refractivity contribution is 7.89. The first-order chi connectivity index (χ1) is 9.94. The monoisotopic (exact) mass is 301 g/mol. The van der Waals surface area contributed by atoms with Gasteiger partial charge in [0.05, 0.1) is 16.5 Å². The number of benzene rings is 2. The number of hydrogen-bond donors (Lipinski definition) is 2. The fourth-order valence-corrected chi connectivity index (χ4v) is 3.18. The average Bonchev–Trinajstić information content (AvgIpc) is 2.47. The number of nitrogens with one attached hydrogen (secondary N) is 1. The Morgan fingerprint density at radius 1 is 1.24 bits per heavy atom. The summed E-state index contributed by atoms with van der Waals surface area (Å²) >= 11 is 0. The summed E-state index contributed by atoms with van der Waals surface area (Å²) in [6.45, 7) is 1.79. The van der Waals surface area contributed by atoms with E-state index in [1.165, 1.54) is 6.07 Å². The number of rotatable bonds is 4. The van der Waals surface area contributed by atoms with E-state index in [4.69, 9.17) is 11.0 Å². The molecule has 0 radical (unpaired) electrons. The fourth-order valence-electron chi connectivity index (χ4n) is 1.90. The molecule has 0 amide bonds. The summed E-state index contributed by atoms with van der Waals surface area (Å²) in [5.74, 6) is 0. The van der Waals surface area contributed by atoms with Crippen LogP contribution in [0.5, 0.6) is 0 Å². The second kappa shape index (κ2) is 5.95. The van der Waals surface area contributed by atoms with Gasteiger partial charge in [-0.1, -0.05) is 24.3 Å². The first-order valence-corrected chi connectivity index (χ1v) is 7.76. The van der Waals surface area contributed by atoms with E-state index in [9.17, 15) is 8.42 Å². The number of hydrogen-bond acceptors (Lipinski definition) is 4. The summed E-state index contributed by atoms with van der Waals surface area (Å²) in [6.07, 6.45) is 0.